The Bertz CT molecular complexity index is 1550. The average molecular weight is 593 g/mol. The van der Waals surface area contributed by atoms with Gasteiger partial charge in [-0.2, -0.15) is 9.97 Å². The molecule has 13 heteroatoms. The molecule has 3 aromatic heterocycles. The van der Waals surface area contributed by atoms with Crippen LogP contribution in [0.15, 0.2) is 47.4 Å². The molecule has 0 unspecified atom stereocenters. The summed E-state index contributed by atoms with van der Waals surface area (Å²) in [6.07, 6.45) is 4.52. The Kier molecular flexibility index (Phi) is 10.9. The van der Waals surface area contributed by atoms with Crippen LogP contribution in [-0.4, -0.2) is 87.4 Å². The number of benzene rings is 1. The molecule has 13 nitrogen and oxygen atoms in total. The van der Waals surface area contributed by atoms with Crippen molar-refractivity contribution in [3.8, 4) is 11.8 Å². The minimum atomic E-state index is -0.862. The van der Waals surface area contributed by atoms with Crippen molar-refractivity contribution < 1.29 is 19.4 Å². The van der Waals surface area contributed by atoms with E-state index in [9.17, 15) is 9.59 Å². The zero-order valence-corrected chi connectivity index (χ0v) is 25.0. The zero-order valence-electron chi connectivity index (χ0n) is 25.0. The number of nitrogens with zero attached hydrogens (tertiary/aromatic N) is 6. The first-order valence-corrected chi connectivity index (χ1v) is 14.4. The van der Waals surface area contributed by atoms with Crippen molar-refractivity contribution >= 4 is 28.8 Å². The van der Waals surface area contributed by atoms with Gasteiger partial charge in [0, 0.05) is 26.3 Å². The molecule has 0 aliphatic carbocycles. The predicted octanol–water partition coefficient (Wildman–Crippen LogP) is 2.79. The van der Waals surface area contributed by atoms with Crippen LogP contribution in [0.3, 0.4) is 0 Å². The normalized spacial score (nSPS) is 11.3. The first kappa shape index (κ1) is 31.3. The summed E-state index contributed by atoms with van der Waals surface area (Å²) in [6.45, 7) is 5.77. The van der Waals surface area contributed by atoms with Gasteiger partial charge in [-0.15, -0.1) is 0 Å². The summed E-state index contributed by atoms with van der Waals surface area (Å²) in [7, 11) is 4.04. The summed E-state index contributed by atoms with van der Waals surface area (Å²) in [5, 5.41) is 8.96. The van der Waals surface area contributed by atoms with Gasteiger partial charge >= 0.3 is 17.7 Å². The minimum Gasteiger partial charge on any atom is -0.492 e. The highest BCUT2D eigenvalue weighted by Gasteiger charge is 2.15. The topological polar surface area (TPSA) is 165 Å². The number of aliphatic carboxylic acids is 1. The van der Waals surface area contributed by atoms with Gasteiger partial charge in [0.2, 0.25) is 0 Å². The Morgan fingerprint density at radius 3 is 2.63 bits per heavy atom. The minimum absolute atomic E-state index is 0.0207. The Morgan fingerprint density at radius 1 is 1.05 bits per heavy atom. The monoisotopic (exact) mass is 592 g/mol. The molecule has 0 saturated heterocycles. The lowest BCUT2D eigenvalue weighted by molar-refractivity contribution is -0.136. The van der Waals surface area contributed by atoms with E-state index in [0.29, 0.717) is 30.1 Å². The number of hydrogen-bond donors (Lipinski definition) is 3. The van der Waals surface area contributed by atoms with Crippen LogP contribution in [0.2, 0.25) is 0 Å². The van der Waals surface area contributed by atoms with Gasteiger partial charge in [0.05, 0.1) is 19.6 Å². The number of aromatic amines is 1. The number of imidazole rings is 1. The number of carbonyl (C=O) groups is 1. The van der Waals surface area contributed by atoms with Crippen LogP contribution in [0.1, 0.15) is 37.3 Å². The molecule has 0 spiro atoms. The van der Waals surface area contributed by atoms with Crippen LogP contribution in [-0.2, 0) is 17.8 Å². The van der Waals surface area contributed by atoms with Crippen LogP contribution in [0.25, 0.3) is 11.2 Å². The van der Waals surface area contributed by atoms with E-state index >= 15 is 0 Å². The number of likely N-dealkylation sites (N-methyl/N-ethyl adjacent to an activating group) is 1. The molecule has 4 N–H and O–H groups in total. The molecule has 1 aromatic carbocycles. The summed E-state index contributed by atoms with van der Waals surface area (Å²) in [5.74, 6) is 0.817. The Morgan fingerprint density at radius 2 is 1.88 bits per heavy atom. The number of unbranched alkanes of at least 4 members (excludes halogenated alkanes) is 1. The quantitative estimate of drug-likeness (QED) is 0.154. The van der Waals surface area contributed by atoms with E-state index in [-0.39, 0.29) is 30.5 Å². The van der Waals surface area contributed by atoms with Crippen LogP contribution in [0.5, 0.6) is 11.8 Å². The van der Waals surface area contributed by atoms with E-state index in [2.05, 4.69) is 36.7 Å². The molecule has 0 atom stereocenters. The third-order valence-electron chi connectivity index (χ3n) is 6.93. The van der Waals surface area contributed by atoms with Gasteiger partial charge < -0.3 is 35.1 Å². The van der Waals surface area contributed by atoms with Gasteiger partial charge in [-0.1, -0.05) is 31.5 Å². The van der Waals surface area contributed by atoms with Crippen molar-refractivity contribution in [2.75, 3.05) is 57.6 Å². The number of hydrogen-bond acceptors (Lipinski definition) is 10. The Hall–Kier alpha value is -4.65. The van der Waals surface area contributed by atoms with E-state index in [1.54, 1.807) is 24.4 Å². The molecule has 4 aromatic rings. The molecule has 0 amide bonds. The molecular weight excluding hydrogens is 552 g/mol. The molecule has 230 valence electrons. The SMILES string of the molecule is CCCCOc1nc(N)c2[nH]c(=O)n(Cc3ccc(N(C)CCCN(C)CCOc4cccc(CC(=O)O)c4)nc3)c2n1. The fourth-order valence-corrected chi connectivity index (χ4v) is 4.51. The van der Waals surface area contributed by atoms with E-state index < -0.39 is 5.97 Å². The van der Waals surface area contributed by atoms with Crippen molar-refractivity contribution in [1.82, 2.24) is 29.4 Å². The summed E-state index contributed by atoms with van der Waals surface area (Å²) in [5.41, 5.74) is 8.07. The van der Waals surface area contributed by atoms with Crippen LogP contribution >= 0.6 is 0 Å². The first-order valence-electron chi connectivity index (χ1n) is 14.4. The third-order valence-corrected chi connectivity index (χ3v) is 6.93. The summed E-state index contributed by atoms with van der Waals surface area (Å²) in [4.78, 5) is 43.8. The molecule has 0 fully saturated rings. The van der Waals surface area contributed by atoms with Crippen LogP contribution in [0.4, 0.5) is 11.6 Å². The number of carboxylic acids is 1. The number of pyridine rings is 1. The maximum absolute atomic E-state index is 12.7. The number of nitrogens with one attached hydrogen (secondary N) is 1. The standard InChI is InChI=1S/C30H40N8O5/c1-4-5-15-43-29-34-27(31)26-28(35-29)38(30(41)33-26)20-22-10-11-24(32-19-22)37(3)13-7-12-36(2)14-16-42-23-9-6-8-21(17-23)18-25(39)40/h6,8-11,17,19H,4-5,7,12-16,18,20H2,1-3H3,(H,33,41)(H,39,40)(H2,31,34,35). The molecule has 43 heavy (non-hydrogen) atoms. The molecule has 0 bridgehead atoms. The van der Waals surface area contributed by atoms with Crippen LogP contribution < -0.4 is 25.8 Å². The van der Waals surface area contributed by atoms with E-state index in [1.807, 2.05) is 32.3 Å². The molecular formula is C30H40N8O5. The summed E-state index contributed by atoms with van der Waals surface area (Å²) in [6, 6.07) is 11.2. The molecule has 0 aliphatic heterocycles. The number of fused-ring (bicyclic) bond motifs is 1. The smallest absolute Gasteiger partial charge is 0.328 e. The third kappa shape index (κ3) is 8.92. The maximum atomic E-state index is 12.7. The van der Waals surface area contributed by atoms with Gasteiger partial charge in [0.15, 0.2) is 11.5 Å². The fraction of sp³-hybridized carbons (Fsp3) is 0.433. The second-order valence-electron chi connectivity index (χ2n) is 10.5. The summed E-state index contributed by atoms with van der Waals surface area (Å²) < 4.78 is 12.9. The first-order chi connectivity index (χ1) is 20.7. The number of nitrogen functional groups attached to an aromatic ring is 1. The van der Waals surface area contributed by atoms with Gasteiger partial charge in [-0.3, -0.25) is 9.36 Å². The number of nitrogens with two attached hydrogens (primary N) is 1. The number of H-pyrrole nitrogens is 1. The van der Waals surface area contributed by atoms with E-state index in [4.69, 9.17) is 20.3 Å². The maximum Gasteiger partial charge on any atom is 0.328 e. The van der Waals surface area contributed by atoms with Crippen LogP contribution in [0, 0.1) is 0 Å². The van der Waals surface area contributed by atoms with Crippen molar-refractivity contribution in [3.05, 3.63) is 64.2 Å². The number of ether oxygens (including phenoxy) is 2. The molecule has 0 radical (unpaired) electrons. The second kappa shape index (κ2) is 15.0. The molecule has 3 heterocycles. The Balaban J connectivity index is 1.25. The van der Waals surface area contributed by atoms with E-state index in [1.165, 1.54) is 4.57 Å². The highest BCUT2D eigenvalue weighted by molar-refractivity contribution is 5.82. The fourth-order valence-electron chi connectivity index (χ4n) is 4.51. The zero-order chi connectivity index (χ0) is 30.8. The number of aromatic nitrogens is 5. The number of anilines is 2. The Labute approximate surface area is 250 Å². The average Bonchev–Trinajstić information content (AvgIpc) is 3.28. The highest BCUT2D eigenvalue weighted by Crippen LogP contribution is 2.19. The highest BCUT2D eigenvalue weighted by atomic mass is 16.5. The van der Waals surface area contributed by atoms with Gasteiger partial charge in [-0.05, 0) is 55.8 Å². The lowest BCUT2D eigenvalue weighted by Gasteiger charge is -2.21. The largest absolute Gasteiger partial charge is 0.492 e. The van der Waals surface area contributed by atoms with Crippen molar-refractivity contribution in [2.45, 2.75) is 39.2 Å². The lowest BCUT2D eigenvalue weighted by Crippen LogP contribution is -2.29. The lowest BCUT2D eigenvalue weighted by atomic mass is 10.1. The van der Waals surface area contributed by atoms with Gasteiger partial charge in [0.25, 0.3) is 0 Å². The molecule has 4 rings (SSSR count). The van der Waals surface area contributed by atoms with Crippen molar-refractivity contribution in [1.29, 1.82) is 0 Å². The number of carboxylic acid groups (broad SMARTS) is 1. The number of rotatable bonds is 17. The van der Waals surface area contributed by atoms with Crippen molar-refractivity contribution in [2.24, 2.45) is 0 Å². The van der Waals surface area contributed by atoms with Crippen molar-refractivity contribution in [3.63, 3.8) is 0 Å². The molecule has 0 aliphatic rings. The van der Waals surface area contributed by atoms with Gasteiger partial charge in [-0.25, -0.2) is 9.78 Å². The molecule has 0 saturated carbocycles. The predicted molar refractivity (Wildman–Crippen MR) is 165 cm³/mol. The van der Waals surface area contributed by atoms with E-state index in [0.717, 1.165) is 55.8 Å². The van der Waals surface area contributed by atoms with Gasteiger partial charge in [0.1, 0.15) is 23.7 Å². The second-order valence-corrected chi connectivity index (χ2v) is 10.5. The summed E-state index contributed by atoms with van der Waals surface area (Å²) >= 11 is 0.